The number of Topliss-reactive ketones (excluding diaryl/α,β-unsaturated/α-hetero) is 1. The van der Waals surface area contributed by atoms with Gasteiger partial charge in [0.05, 0.1) is 31.8 Å². The Labute approximate surface area is 141 Å². The van der Waals surface area contributed by atoms with Crippen LogP contribution in [0, 0.1) is 10.1 Å². The third-order valence-electron chi connectivity index (χ3n) is 2.88. The number of halogens is 1. The van der Waals surface area contributed by atoms with Crippen LogP contribution in [0.1, 0.15) is 23.2 Å². The summed E-state index contributed by atoms with van der Waals surface area (Å²) in [5, 5.41) is 12.0. The lowest BCUT2D eigenvalue weighted by atomic mass is 10.1. The van der Waals surface area contributed by atoms with Gasteiger partial charge in [-0.1, -0.05) is 15.9 Å². The van der Waals surface area contributed by atoms with E-state index in [2.05, 4.69) is 20.7 Å². The lowest BCUT2D eigenvalue weighted by Gasteiger charge is -2.12. The van der Waals surface area contributed by atoms with E-state index >= 15 is 0 Å². The molecule has 0 fully saturated rings. The van der Waals surface area contributed by atoms with Crippen LogP contribution in [0.15, 0.2) is 12.1 Å². The fourth-order valence-electron chi connectivity index (χ4n) is 1.74. The van der Waals surface area contributed by atoms with E-state index < -0.39 is 27.9 Å². The normalized spacial score (nSPS) is 10.0. The van der Waals surface area contributed by atoms with Crippen molar-refractivity contribution in [2.45, 2.75) is 12.8 Å². The molecule has 126 valence electrons. The van der Waals surface area contributed by atoms with E-state index in [4.69, 9.17) is 9.47 Å². The molecule has 0 saturated carbocycles. The van der Waals surface area contributed by atoms with Crippen molar-refractivity contribution in [3.63, 3.8) is 0 Å². The summed E-state index contributed by atoms with van der Waals surface area (Å²) in [4.78, 5) is 33.6. The summed E-state index contributed by atoms with van der Waals surface area (Å²) in [5.41, 5.74) is -0.955. The molecule has 8 nitrogen and oxygen atoms in total. The molecule has 1 rings (SSSR count). The monoisotopic (exact) mass is 389 g/mol. The number of esters is 1. The number of benzene rings is 1. The molecule has 1 aromatic carbocycles. The predicted molar refractivity (Wildman–Crippen MR) is 84.5 cm³/mol. The summed E-state index contributed by atoms with van der Waals surface area (Å²) in [6, 6.07) is 2.18. The molecule has 0 bridgehead atoms. The number of hydrogen-bond acceptors (Lipinski definition) is 7. The molecule has 0 aliphatic carbocycles. The van der Waals surface area contributed by atoms with Crippen LogP contribution in [-0.4, -0.2) is 42.8 Å². The van der Waals surface area contributed by atoms with E-state index in [1.807, 2.05) is 0 Å². The highest BCUT2D eigenvalue weighted by Gasteiger charge is 2.29. The Morgan fingerprint density at radius 3 is 2.43 bits per heavy atom. The highest BCUT2D eigenvalue weighted by Crippen LogP contribution is 2.35. The smallest absolute Gasteiger partial charge is 0.379 e. The second kappa shape index (κ2) is 9.09. The number of nitro groups is 1. The van der Waals surface area contributed by atoms with E-state index in [1.54, 1.807) is 0 Å². The molecular weight excluding hydrogens is 374 g/mol. The molecule has 0 unspecified atom stereocenters. The Morgan fingerprint density at radius 2 is 1.91 bits per heavy atom. The van der Waals surface area contributed by atoms with Crippen molar-refractivity contribution in [3.8, 4) is 11.5 Å². The summed E-state index contributed by atoms with van der Waals surface area (Å²) in [6.07, 6.45) is 1.62. The summed E-state index contributed by atoms with van der Waals surface area (Å²) >= 11 is 3.29. The van der Waals surface area contributed by atoms with Gasteiger partial charge in [-0.25, -0.2) is 4.79 Å². The Bertz CT molecular complexity index is 603. The maximum Gasteiger partial charge on any atom is 0.379 e. The number of hydrogen-bond donors (Lipinski definition) is 0. The molecule has 0 N–H and O–H groups in total. The van der Waals surface area contributed by atoms with Crippen molar-refractivity contribution in [1.29, 1.82) is 0 Å². The summed E-state index contributed by atoms with van der Waals surface area (Å²) in [7, 11) is 2.35. The number of nitro benzene ring substituents is 1. The molecular formula is C14H16BrNO7. The second-order valence-corrected chi connectivity index (χ2v) is 5.14. The highest BCUT2D eigenvalue weighted by atomic mass is 79.9. The number of nitrogens with zero attached hydrogens (tertiary/aromatic N) is 1. The Hall–Kier alpha value is -2.16. The van der Waals surface area contributed by atoms with Crippen LogP contribution in [0.3, 0.4) is 0 Å². The molecule has 0 aliphatic heterocycles. The van der Waals surface area contributed by atoms with Crippen molar-refractivity contribution < 1.29 is 28.7 Å². The minimum atomic E-state index is -1.19. The first-order valence-corrected chi connectivity index (χ1v) is 7.76. The van der Waals surface area contributed by atoms with E-state index in [1.165, 1.54) is 7.11 Å². The quantitative estimate of drug-likeness (QED) is 0.121. The van der Waals surface area contributed by atoms with Gasteiger partial charge in [0.2, 0.25) is 0 Å². The van der Waals surface area contributed by atoms with Crippen molar-refractivity contribution >= 4 is 33.4 Å². The zero-order valence-corrected chi connectivity index (χ0v) is 14.3. The largest absolute Gasteiger partial charge is 0.493 e. The molecule has 0 heterocycles. The number of carbonyl (C=O) groups excluding carboxylic acids is 2. The van der Waals surface area contributed by atoms with Gasteiger partial charge in [-0.2, -0.15) is 0 Å². The molecule has 0 radical (unpaired) electrons. The van der Waals surface area contributed by atoms with Crippen LogP contribution in [0.4, 0.5) is 5.69 Å². The summed E-state index contributed by atoms with van der Waals surface area (Å²) in [6.45, 7) is 0.337. The van der Waals surface area contributed by atoms with Crippen LogP contribution in [-0.2, 0) is 9.53 Å². The number of carbonyl (C=O) groups is 2. The molecule has 0 aliphatic rings. The maximum atomic E-state index is 11.9. The third-order valence-corrected chi connectivity index (χ3v) is 3.44. The molecule has 0 spiro atoms. The molecule has 9 heteroatoms. The maximum absolute atomic E-state index is 11.9. The Kier molecular flexibility index (Phi) is 7.46. The Balaban J connectivity index is 3.20. The number of alkyl halides is 1. The third kappa shape index (κ3) is 4.92. The zero-order chi connectivity index (χ0) is 17.4. The van der Waals surface area contributed by atoms with Crippen LogP contribution in [0.2, 0.25) is 0 Å². The summed E-state index contributed by atoms with van der Waals surface area (Å²) < 4.78 is 14.9. The van der Waals surface area contributed by atoms with Crippen LogP contribution < -0.4 is 9.47 Å². The van der Waals surface area contributed by atoms with Gasteiger partial charge in [-0.15, -0.1) is 0 Å². The molecule has 0 atom stereocenters. The standard InChI is InChI=1S/C14H16BrNO7/c1-21-11-7-9(13(17)14(18)22-2)10(16(19)20)8-12(11)23-6-4-3-5-15/h7-8H,3-6H2,1-2H3. The van der Waals surface area contributed by atoms with Gasteiger partial charge in [-0.05, 0) is 12.8 Å². The topological polar surface area (TPSA) is 105 Å². The molecule has 23 heavy (non-hydrogen) atoms. The van der Waals surface area contributed by atoms with Crippen molar-refractivity contribution in [1.82, 2.24) is 0 Å². The number of methoxy groups -OCH3 is 2. The number of ether oxygens (including phenoxy) is 3. The SMILES string of the molecule is COC(=O)C(=O)c1cc(OC)c(OCCCCBr)cc1[N+](=O)[O-]. The van der Waals surface area contributed by atoms with Crippen LogP contribution >= 0.6 is 15.9 Å². The lowest BCUT2D eigenvalue weighted by Crippen LogP contribution is -2.17. The number of unbranched alkanes of at least 4 members (excludes halogenated alkanes) is 1. The van der Waals surface area contributed by atoms with E-state index in [0.29, 0.717) is 6.61 Å². The van der Waals surface area contributed by atoms with Crippen LogP contribution in [0.25, 0.3) is 0 Å². The van der Waals surface area contributed by atoms with Gasteiger partial charge >= 0.3 is 5.97 Å². The molecule has 0 saturated heterocycles. The average Bonchev–Trinajstić information content (AvgIpc) is 2.56. The van der Waals surface area contributed by atoms with Gasteiger partial charge < -0.3 is 14.2 Å². The number of ketones is 1. The van der Waals surface area contributed by atoms with E-state index in [-0.39, 0.29) is 11.5 Å². The second-order valence-electron chi connectivity index (χ2n) is 4.34. The minimum Gasteiger partial charge on any atom is -0.493 e. The fraction of sp³-hybridized carbons (Fsp3) is 0.429. The van der Waals surface area contributed by atoms with Gasteiger partial charge in [0, 0.05) is 11.4 Å². The number of rotatable bonds is 9. The van der Waals surface area contributed by atoms with Crippen LogP contribution in [0.5, 0.6) is 11.5 Å². The predicted octanol–water partition coefficient (Wildman–Crippen LogP) is 2.51. The lowest BCUT2D eigenvalue weighted by molar-refractivity contribution is -0.385. The van der Waals surface area contributed by atoms with E-state index in [0.717, 1.165) is 37.4 Å². The van der Waals surface area contributed by atoms with Gasteiger partial charge in [0.25, 0.3) is 11.5 Å². The first kappa shape index (κ1) is 18.9. The summed E-state index contributed by atoms with van der Waals surface area (Å²) in [5.74, 6) is -2.05. The molecule has 0 amide bonds. The first-order valence-electron chi connectivity index (χ1n) is 6.64. The molecule has 0 aromatic heterocycles. The zero-order valence-electron chi connectivity index (χ0n) is 12.7. The average molecular weight is 390 g/mol. The molecule has 1 aromatic rings. The minimum absolute atomic E-state index is 0.127. The van der Waals surface area contributed by atoms with Crippen molar-refractivity contribution in [2.75, 3.05) is 26.2 Å². The van der Waals surface area contributed by atoms with Gasteiger partial charge in [0.15, 0.2) is 11.5 Å². The van der Waals surface area contributed by atoms with Crippen molar-refractivity contribution in [3.05, 3.63) is 27.8 Å². The van der Waals surface area contributed by atoms with Gasteiger partial charge in [0.1, 0.15) is 5.56 Å². The highest BCUT2D eigenvalue weighted by molar-refractivity contribution is 9.09. The Morgan fingerprint density at radius 1 is 1.22 bits per heavy atom. The first-order chi connectivity index (χ1) is 11.0. The van der Waals surface area contributed by atoms with E-state index in [9.17, 15) is 19.7 Å². The fourth-order valence-corrected chi connectivity index (χ4v) is 2.13. The van der Waals surface area contributed by atoms with Gasteiger partial charge in [-0.3, -0.25) is 14.9 Å². The van der Waals surface area contributed by atoms with Crippen molar-refractivity contribution in [2.24, 2.45) is 0 Å².